The molecule has 0 aromatic heterocycles. The standard InChI is InChI=1S/C19H29N/c1-12-8-18(4,14(3)13(12)2)20-19-9-15-5-16(10-19)7-17(6-15)11-19/h8,15-17,20H,5-7,9-11H2,1-4H3. The van der Waals surface area contributed by atoms with Gasteiger partial charge in [0, 0.05) is 5.54 Å². The van der Waals surface area contributed by atoms with Gasteiger partial charge in [-0.2, -0.15) is 0 Å². The first-order valence-corrected chi connectivity index (χ1v) is 8.56. The van der Waals surface area contributed by atoms with Gasteiger partial charge in [-0.25, -0.2) is 0 Å². The molecule has 0 aliphatic heterocycles. The quantitative estimate of drug-likeness (QED) is 0.774. The van der Waals surface area contributed by atoms with Gasteiger partial charge in [0.05, 0.1) is 5.54 Å². The van der Waals surface area contributed by atoms with E-state index in [2.05, 4.69) is 39.1 Å². The Labute approximate surface area is 123 Å². The summed E-state index contributed by atoms with van der Waals surface area (Å²) in [6.45, 7) is 9.29. The average molecular weight is 271 g/mol. The summed E-state index contributed by atoms with van der Waals surface area (Å²) in [5, 5.41) is 4.18. The average Bonchev–Trinajstić information content (AvgIpc) is 2.50. The van der Waals surface area contributed by atoms with Crippen LogP contribution >= 0.6 is 0 Å². The zero-order valence-corrected chi connectivity index (χ0v) is 13.6. The van der Waals surface area contributed by atoms with Crippen molar-refractivity contribution >= 4 is 0 Å². The van der Waals surface area contributed by atoms with Gasteiger partial charge in [-0.1, -0.05) is 11.6 Å². The zero-order chi connectivity index (χ0) is 14.1. The SMILES string of the molecule is CC1=CC(C)(NC23CC4CC(CC(C4)C2)C3)C(C)=C1C. The number of allylic oxidation sites excluding steroid dienone is 2. The number of hydrogen-bond donors (Lipinski definition) is 1. The van der Waals surface area contributed by atoms with E-state index in [1.165, 1.54) is 49.7 Å². The first-order chi connectivity index (χ1) is 9.39. The second kappa shape index (κ2) is 4.00. The Morgan fingerprint density at radius 3 is 1.85 bits per heavy atom. The molecular weight excluding hydrogens is 242 g/mol. The monoisotopic (exact) mass is 271 g/mol. The van der Waals surface area contributed by atoms with Gasteiger partial charge in [-0.05, 0) is 95.1 Å². The van der Waals surface area contributed by atoms with Crippen LogP contribution in [0.15, 0.2) is 22.8 Å². The minimum atomic E-state index is 0.111. The second-order valence-electron chi connectivity index (χ2n) is 8.60. The molecule has 0 spiro atoms. The largest absolute Gasteiger partial charge is 0.299 e. The lowest BCUT2D eigenvalue weighted by Crippen LogP contribution is -2.63. The molecule has 5 aliphatic carbocycles. The predicted octanol–water partition coefficient (Wildman–Crippen LogP) is 4.60. The van der Waals surface area contributed by atoms with Crippen molar-refractivity contribution in [2.75, 3.05) is 0 Å². The fraction of sp³-hybridized carbons (Fsp3) is 0.789. The maximum atomic E-state index is 4.18. The van der Waals surface area contributed by atoms with Gasteiger partial charge >= 0.3 is 0 Å². The second-order valence-corrected chi connectivity index (χ2v) is 8.60. The summed E-state index contributed by atoms with van der Waals surface area (Å²) in [7, 11) is 0. The van der Waals surface area contributed by atoms with Gasteiger partial charge in [0.1, 0.15) is 0 Å². The molecule has 20 heavy (non-hydrogen) atoms. The molecule has 1 atom stereocenters. The Morgan fingerprint density at radius 1 is 0.950 bits per heavy atom. The van der Waals surface area contributed by atoms with Crippen molar-refractivity contribution in [3.63, 3.8) is 0 Å². The Morgan fingerprint density at radius 2 is 1.45 bits per heavy atom. The third-order valence-corrected chi connectivity index (χ3v) is 7.00. The molecule has 1 nitrogen and oxygen atoms in total. The fourth-order valence-electron chi connectivity index (χ4n) is 6.28. The van der Waals surface area contributed by atoms with Gasteiger partial charge in [-0.15, -0.1) is 0 Å². The lowest BCUT2D eigenvalue weighted by Gasteiger charge is -2.59. The molecule has 0 amide bonds. The van der Waals surface area contributed by atoms with Crippen LogP contribution in [0.25, 0.3) is 0 Å². The van der Waals surface area contributed by atoms with E-state index in [1.807, 2.05) is 0 Å². The minimum absolute atomic E-state index is 0.111. The minimum Gasteiger partial charge on any atom is -0.299 e. The van der Waals surface area contributed by atoms with Gasteiger partial charge in [0.25, 0.3) is 0 Å². The van der Waals surface area contributed by atoms with Crippen molar-refractivity contribution in [3.05, 3.63) is 22.8 Å². The number of hydrogen-bond acceptors (Lipinski definition) is 1. The summed E-state index contributed by atoms with van der Waals surface area (Å²) >= 11 is 0. The van der Waals surface area contributed by atoms with Gasteiger partial charge in [-0.3, -0.25) is 5.32 Å². The third kappa shape index (κ3) is 1.78. The Kier molecular flexibility index (Phi) is 2.63. The molecule has 4 fully saturated rings. The van der Waals surface area contributed by atoms with E-state index in [4.69, 9.17) is 0 Å². The maximum Gasteiger partial charge on any atom is 0.0564 e. The Balaban J connectivity index is 1.64. The van der Waals surface area contributed by atoms with E-state index >= 15 is 0 Å². The van der Waals surface area contributed by atoms with Crippen molar-refractivity contribution in [3.8, 4) is 0 Å². The molecule has 0 aromatic rings. The van der Waals surface area contributed by atoms with Crippen LogP contribution < -0.4 is 5.32 Å². The smallest absolute Gasteiger partial charge is 0.0564 e. The lowest BCUT2D eigenvalue weighted by molar-refractivity contribution is -0.0271. The molecule has 4 saturated carbocycles. The van der Waals surface area contributed by atoms with Crippen LogP contribution in [0.3, 0.4) is 0 Å². The number of rotatable bonds is 2. The topological polar surface area (TPSA) is 12.0 Å². The van der Waals surface area contributed by atoms with E-state index in [9.17, 15) is 0 Å². The van der Waals surface area contributed by atoms with E-state index in [1.54, 1.807) is 5.57 Å². The van der Waals surface area contributed by atoms with Crippen molar-refractivity contribution in [2.45, 2.75) is 77.3 Å². The molecule has 0 heterocycles. The highest BCUT2D eigenvalue weighted by atomic mass is 15.1. The van der Waals surface area contributed by atoms with Crippen molar-refractivity contribution in [1.82, 2.24) is 5.32 Å². The highest BCUT2D eigenvalue weighted by Crippen LogP contribution is 2.56. The first kappa shape index (κ1) is 13.1. The zero-order valence-electron chi connectivity index (χ0n) is 13.6. The molecule has 1 N–H and O–H groups in total. The van der Waals surface area contributed by atoms with Gasteiger partial charge < -0.3 is 0 Å². The summed E-state index contributed by atoms with van der Waals surface area (Å²) in [6.07, 6.45) is 11.4. The van der Waals surface area contributed by atoms with E-state index in [-0.39, 0.29) is 5.54 Å². The molecule has 0 saturated heterocycles. The first-order valence-electron chi connectivity index (χ1n) is 8.56. The summed E-state index contributed by atoms with van der Waals surface area (Å²) in [6, 6.07) is 0. The van der Waals surface area contributed by atoms with Crippen LogP contribution in [0.4, 0.5) is 0 Å². The molecule has 5 rings (SSSR count). The molecule has 110 valence electrons. The molecule has 0 aromatic carbocycles. The number of nitrogens with one attached hydrogen (secondary N) is 1. The van der Waals surface area contributed by atoms with E-state index < -0.39 is 0 Å². The lowest BCUT2D eigenvalue weighted by atomic mass is 9.52. The van der Waals surface area contributed by atoms with Gasteiger partial charge in [0.2, 0.25) is 0 Å². The van der Waals surface area contributed by atoms with Crippen LogP contribution in [-0.4, -0.2) is 11.1 Å². The summed E-state index contributed by atoms with van der Waals surface area (Å²) in [5.74, 6) is 3.07. The van der Waals surface area contributed by atoms with Gasteiger partial charge in [0.15, 0.2) is 0 Å². The Hall–Kier alpha value is -0.560. The van der Waals surface area contributed by atoms with Crippen molar-refractivity contribution in [1.29, 1.82) is 0 Å². The maximum absolute atomic E-state index is 4.18. The predicted molar refractivity (Wildman–Crippen MR) is 84.6 cm³/mol. The summed E-state index contributed by atoms with van der Waals surface area (Å²) in [5.41, 5.74) is 5.09. The normalized spacial score (nSPS) is 50.0. The Bertz CT molecular complexity index is 475. The highest BCUT2D eigenvalue weighted by molar-refractivity contribution is 5.48. The molecule has 0 radical (unpaired) electrons. The van der Waals surface area contributed by atoms with Crippen LogP contribution in [-0.2, 0) is 0 Å². The molecule has 1 heteroatoms. The van der Waals surface area contributed by atoms with E-state index in [0.29, 0.717) is 5.54 Å². The molecular formula is C19H29N. The van der Waals surface area contributed by atoms with Crippen LogP contribution in [0.2, 0.25) is 0 Å². The van der Waals surface area contributed by atoms with Crippen LogP contribution in [0.1, 0.15) is 66.2 Å². The van der Waals surface area contributed by atoms with Crippen molar-refractivity contribution in [2.24, 2.45) is 17.8 Å². The fourth-order valence-corrected chi connectivity index (χ4v) is 6.28. The molecule has 4 bridgehead atoms. The summed E-state index contributed by atoms with van der Waals surface area (Å²) < 4.78 is 0. The third-order valence-electron chi connectivity index (χ3n) is 7.00. The highest BCUT2D eigenvalue weighted by Gasteiger charge is 2.53. The summed E-state index contributed by atoms with van der Waals surface area (Å²) in [4.78, 5) is 0. The van der Waals surface area contributed by atoms with Crippen LogP contribution in [0.5, 0.6) is 0 Å². The van der Waals surface area contributed by atoms with Crippen molar-refractivity contribution < 1.29 is 0 Å². The van der Waals surface area contributed by atoms with Crippen LogP contribution in [0, 0.1) is 17.8 Å². The molecule has 5 aliphatic rings. The van der Waals surface area contributed by atoms with E-state index in [0.717, 1.165) is 17.8 Å². The molecule has 1 unspecified atom stereocenters.